The largest absolute Gasteiger partial charge is 0.224 e. The normalized spacial score (nSPS) is 11.5. The lowest BCUT2D eigenvalue weighted by molar-refractivity contribution is 0.597. The van der Waals surface area contributed by atoms with Gasteiger partial charge < -0.3 is 0 Å². The molecule has 1 aromatic rings. The Kier molecular flexibility index (Phi) is 3.94. The van der Waals surface area contributed by atoms with Crippen LogP contribution in [0.15, 0.2) is 33.6 Å². The molecule has 0 fully saturated rings. The Morgan fingerprint density at radius 1 is 1.15 bits per heavy atom. The zero-order valence-corrected chi connectivity index (χ0v) is 10.7. The fourth-order valence-corrected chi connectivity index (χ4v) is 3.39. The lowest BCUT2D eigenvalue weighted by atomic mass is 10.4. The van der Waals surface area contributed by atoms with Gasteiger partial charge in [-0.25, -0.2) is 8.42 Å². The highest BCUT2D eigenvalue weighted by Crippen LogP contribution is 2.15. The Morgan fingerprint density at radius 3 is 2.15 bits per heavy atom. The maximum absolute atomic E-state index is 11.5. The van der Waals surface area contributed by atoms with E-state index in [0.717, 1.165) is 4.47 Å². The summed E-state index contributed by atoms with van der Waals surface area (Å²) in [4.78, 5) is 0.371. The third-order valence-electron chi connectivity index (χ3n) is 1.52. The summed E-state index contributed by atoms with van der Waals surface area (Å²) in [6.07, 6.45) is 0. The van der Waals surface area contributed by atoms with Crippen molar-refractivity contribution >= 4 is 41.7 Å². The van der Waals surface area contributed by atoms with Gasteiger partial charge >= 0.3 is 0 Å². The highest BCUT2D eigenvalue weighted by molar-refractivity contribution is 9.10. The molecule has 0 aromatic heterocycles. The van der Waals surface area contributed by atoms with Crippen molar-refractivity contribution < 1.29 is 8.42 Å². The van der Waals surface area contributed by atoms with Gasteiger partial charge in [0.25, 0.3) is 0 Å². The minimum absolute atomic E-state index is 0.134. The number of sulfone groups is 1. The quantitative estimate of drug-likeness (QED) is 0.800. The van der Waals surface area contributed by atoms with Crippen molar-refractivity contribution in [3.8, 4) is 0 Å². The van der Waals surface area contributed by atoms with E-state index >= 15 is 0 Å². The molecule has 0 aliphatic heterocycles. The minimum Gasteiger partial charge on any atom is -0.224 e. The van der Waals surface area contributed by atoms with Gasteiger partial charge in [-0.2, -0.15) is 0 Å². The van der Waals surface area contributed by atoms with Crippen molar-refractivity contribution in [2.45, 2.75) is 4.90 Å². The summed E-state index contributed by atoms with van der Waals surface area (Å²) in [5.41, 5.74) is 0. The summed E-state index contributed by atoms with van der Waals surface area (Å²) in [5.74, 6) is 0.134. The average molecular weight is 328 g/mol. The summed E-state index contributed by atoms with van der Waals surface area (Å²) in [6, 6.07) is 6.65. The van der Waals surface area contributed by atoms with Crippen LogP contribution >= 0.6 is 31.9 Å². The minimum atomic E-state index is -3.09. The lowest BCUT2D eigenvalue weighted by Crippen LogP contribution is -2.07. The summed E-state index contributed by atoms with van der Waals surface area (Å²) in [5, 5.41) is 0.464. The number of hydrogen-bond acceptors (Lipinski definition) is 2. The second-order valence-corrected chi connectivity index (χ2v) is 6.28. The Balaban J connectivity index is 3.02. The number of rotatable bonds is 3. The van der Waals surface area contributed by atoms with Crippen LogP contribution < -0.4 is 0 Å². The molecule has 0 bridgehead atoms. The second-order valence-electron chi connectivity index (χ2n) is 2.46. The molecule has 0 heterocycles. The molecule has 0 atom stereocenters. The molecular formula is C8H8Br2O2S. The molecule has 5 heteroatoms. The summed E-state index contributed by atoms with van der Waals surface area (Å²) in [7, 11) is -3.09. The highest BCUT2D eigenvalue weighted by Gasteiger charge is 2.12. The van der Waals surface area contributed by atoms with Gasteiger partial charge in [-0.3, -0.25) is 0 Å². The van der Waals surface area contributed by atoms with Crippen LogP contribution in [0.2, 0.25) is 0 Å². The van der Waals surface area contributed by atoms with Gasteiger partial charge in [0, 0.05) is 9.80 Å². The Labute approximate surface area is 94.5 Å². The Hall–Kier alpha value is 0.130. The summed E-state index contributed by atoms with van der Waals surface area (Å²) < 4.78 is 23.9. The monoisotopic (exact) mass is 326 g/mol. The molecular weight excluding hydrogens is 320 g/mol. The van der Waals surface area contributed by atoms with Gasteiger partial charge in [0.2, 0.25) is 0 Å². The molecule has 0 unspecified atom stereocenters. The molecule has 0 spiro atoms. The molecule has 2 nitrogen and oxygen atoms in total. The fourth-order valence-electron chi connectivity index (χ4n) is 0.861. The van der Waals surface area contributed by atoms with Crippen molar-refractivity contribution in [3.63, 3.8) is 0 Å². The van der Waals surface area contributed by atoms with Crippen molar-refractivity contribution in [2.24, 2.45) is 0 Å². The molecule has 0 aliphatic rings. The molecule has 0 radical (unpaired) electrons. The average Bonchev–Trinajstić information content (AvgIpc) is 2.05. The van der Waals surface area contributed by atoms with E-state index < -0.39 is 9.84 Å². The maximum Gasteiger partial charge on any atom is 0.179 e. The third kappa shape index (κ3) is 3.07. The van der Waals surface area contributed by atoms with Gasteiger partial charge in [-0.15, -0.1) is 0 Å². The van der Waals surface area contributed by atoms with Crippen LogP contribution in [-0.4, -0.2) is 19.5 Å². The van der Waals surface area contributed by atoms with Crippen LogP contribution in [0, 0.1) is 0 Å². The van der Waals surface area contributed by atoms with E-state index in [1.165, 1.54) is 0 Å². The number of halogens is 2. The lowest BCUT2D eigenvalue weighted by Gasteiger charge is -2.01. The molecule has 13 heavy (non-hydrogen) atoms. The van der Waals surface area contributed by atoms with Crippen LogP contribution in [-0.2, 0) is 9.84 Å². The number of alkyl halides is 1. The zero-order valence-electron chi connectivity index (χ0n) is 6.70. The Morgan fingerprint density at radius 2 is 1.69 bits per heavy atom. The van der Waals surface area contributed by atoms with Gasteiger partial charge in [0.15, 0.2) is 9.84 Å². The van der Waals surface area contributed by atoms with E-state index in [2.05, 4.69) is 31.9 Å². The molecule has 1 rings (SSSR count). The van der Waals surface area contributed by atoms with Gasteiger partial charge in [0.05, 0.1) is 10.6 Å². The van der Waals surface area contributed by atoms with Crippen LogP contribution in [0.4, 0.5) is 0 Å². The first-order valence-electron chi connectivity index (χ1n) is 3.60. The molecule has 0 saturated carbocycles. The summed E-state index contributed by atoms with van der Waals surface area (Å²) >= 11 is 6.36. The first-order chi connectivity index (χ1) is 6.06. The SMILES string of the molecule is O=S(=O)(CCBr)c1ccc(Br)cc1. The molecule has 0 aliphatic carbocycles. The highest BCUT2D eigenvalue weighted by atomic mass is 79.9. The molecule has 0 amide bonds. The summed E-state index contributed by atoms with van der Waals surface area (Å²) in [6.45, 7) is 0. The molecule has 1 aromatic carbocycles. The predicted molar refractivity (Wildman–Crippen MR) is 60.0 cm³/mol. The second kappa shape index (κ2) is 4.57. The van der Waals surface area contributed by atoms with E-state index in [1.807, 2.05) is 0 Å². The van der Waals surface area contributed by atoms with Gasteiger partial charge in [-0.1, -0.05) is 31.9 Å². The van der Waals surface area contributed by atoms with Crippen LogP contribution in [0.3, 0.4) is 0 Å². The fraction of sp³-hybridized carbons (Fsp3) is 0.250. The predicted octanol–water partition coefficient (Wildman–Crippen LogP) is 2.62. The van der Waals surface area contributed by atoms with E-state index in [0.29, 0.717) is 10.2 Å². The van der Waals surface area contributed by atoms with Crippen LogP contribution in [0.25, 0.3) is 0 Å². The van der Waals surface area contributed by atoms with Crippen molar-refractivity contribution in [2.75, 3.05) is 11.1 Å². The van der Waals surface area contributed by atoms with E-state index in [4.69, 9.17) is 0 Å². The van der Waals surface area contributed by atoms with Crippen molar-refractivity contribution in [1.29, 1.82) is 0 Å². The Bertz CT molecular complexity index is 370. The first-order valence-corrected chi connectivity index (χ1v) is 7.17. The molecule has 0 N–H and O–H groups in total. The van der Waals surface area contributed by atoms with Crippen LogP contribution in [0.5, 0.6) is 0 Å². The molecule has 0 saturated heterocycles. The standard InChI is InChI=1S/C8H8Br2O2S/c9-5-6-13(11,12)8-3-1-7(10)2-4-8/h1-4H,5-6H2. The van der Waals surface area contributed by atoms with E-state index in [-0.39, 0.29) is 5.75 Å². The maximum atomic E-state index is 11.5. The van der Waals surface area contributed by atoms with Gasteiger partial charge in [0.1, 0.15) is 0 Å². The van der Waals surface area contributed by atoms with E-state index in [9.17, 15) is 8.42 Å². The van der Waals surface area contributed by atoms with E-state index in [1.54, 1.807) is 24.3 Å². The third-order valence-corrected chi connectivity index (χ3v) is 4.70. The number of hydrogen-bond donors (Lipinski definition) is 0. The topological polar surface area (TPSA) is 34.1 Å². The first kappa shape index (κ1) is 11.2. The number of benzene rings is 1. The van der Waals surface area contributed by atoms with Crippen LogP contribution in [0.1, 0.15) is 0 Å². The zero-order chi connectivity index (χ0) is 9.90. The molecule has 72 valence electrons. The smallest absolute Gasteiger partial charge is 0.179 e. The van der Waals surface area contributed by atoms with Gasteiger partial charge in [-0.05, 0) is 24.3 Å². The van der Waals surface area contributed by atoms with Crippen molar-refractivity contribution in [3.05, 3.63) is 28.7 Å². The van der Waals surface area contributed by atoms with Crippen molar-refractivity contribution in [1.82, 2.24) is 0 Å².